The van der Waals surface area contributed by atoms with E-state index in [1.54, 1.807) is 11.3 Å². The Bertz CT molecular complexity index is 297. The van der Waals surface area contributed by atoms with Crippen LogP contribution in [0.4, 0.5) is 0 Å². The Morgan fingerprint density at radius 3 is 3.13 bits per heavy atom. The molecule has 1 N–H and O–H groups in total. The average Bonchev–Trinajstić information content (AvgIpc) is 2.66. The highest BCUT2D eigenvalue weighted by molar-refractivity contribution is 7.16. The lowest BCUT2D eigenvalue weighted by atomic mass is 10.0. The molecule has 0 amide bonds. The molecule has 2 rings (SSSR count). The van der Waals surface area contributed by atoms with Gasteiger partial charge >= 0.3 is 0 Å². The van der Waals surface area contributed by atoms with Gasteiger partial charge in [0.1, 0.15) is 0 Å². The maximum absolute atomic E-state index is 5.86. The number of nitrogens with one attached hydrogen (secondary N) is 1. The summed E-state index contributed by atoms with van der Waals surface area (Å²) in [6.07, 6.45) is 2.50. The molecule has 4 heteroatoms. The standard InChI is InChI=1S/C11H16ClNOS/c12-11-4-3-10(15-11)7-13-6-9-2-1-5-14-8-9/h3-4,9,13H,1-2,5-8H2. The molecule has 1 unspecified atom stereocenters. The zero-order valence-corrected chi connectivity index (χ0v) is 10.2. The van der Waals surface area contributed by atoms with Crippen LogP contribution in [0.3, 0.4) is 0 Å². The molecule has 2 heterocycles. The van der Waals surface area contributed by atoms with E-state index in [2.05, 4.69) is 11.4 Å². The molecule has 1 aromatic heterocycles. The molecule has 84 valence electrons. The number of halogens is 1. The van der Waals surface area contributed by atoms with Crippen molar-refractivity contribution in [1.82, 2.24) is 5.32 Å². The van der Waals surface area contributed by atoms with Gasteiger partial charge in [0.15, 0.2) is 0 Å². The lowest BCUT2D eigenvalue weighted by Crippen LogP contribution is -2.28. The Morgan fingerprint density at radius 1 is 1.53 bits per heavy atom. The van der Waals surface area contributed by atoms with Crippen LogP contribution in [0, 0.1) is 5.92 Å². The quantitative estimate of drug-likeness (QED) is 0.881. The highest BCUT2D eigenvalue weighted by atomic mass is 35.5. The minimum absolute atomic E-state index is 0.689. The van der Waals surface area contributed by atoms with Gasteiger partial charge in [-0.1, -0.05) is 11.6 Å². The molecule has 1 atom stereocenters. The van der Waals surface area contributed by atoms with Crippen molar-refractivity contribution in [3.8, 4) is 0 Å². The Kier molecular flexibility index (Phi) is 4.44. The van der Waals surface area contributed by atoms with Crippen molar-refractivity contribution < 1.29 is 4.74 Å². The molecule has 0 aliphatic carbocycles. The lowest BCUT2D eigenvalue weighted by Gasteiger charge is -2.22. The summed E-state index contributed by atoms with van der Waals surface area (Å²) >= 11 is 7.50. The summed E-state index contributed by atoms with van der Waals surface area (Å²) in [4.78, 5) is 1.30. The maximum atomic E-state index is 5.86. The highest BCUT2D eigenvalue weighted by Gasteiger charge is 2.12. The summed E-state index contributed by atoms with van der Waals surface area (Å²) in [5, 5.41) is 3.46. The fourth-order valence-corrected chi connectivity index (χ4v) is 2.87. The summed E-state index contributed by atoms with van der Waals surface area (Å²) in [5.74, 6) is 0.689. The molecular weight excluding hydrogens is 230 g/mol. The molecular formula is C11H16ClNOS. The number of ether oxygens (including phenoxy) is 1. The number of thiophene rings is 1. The van der Waals surface area contributed by atoms with Gasteiger partial charge in [0.2, 0.25) is 0 Å². The molecule has 0 bridgehead atoms. The van der Waals surface area contributed by atoms with E-state index >= 15 is 0 Å². The van der Waals surface area contributed by atoms with Crippen molar-refractivity contribution in [2.24, 2.45) is 5.92 Å². The van der Waals surface area contributed by atoms with Crippen LogP contribution in [-0.2, 0) is 11.3 Å². The van der Waals surface area contributed by atoms with E-state index in [-0.39, 0.29) is 0 Å². The third-order valence-corrected chi connectivity index (χ3v) is 3.85. The third kappa shape index (κ3) is 3.76. The minimum atomic E-state index is 0.689. The minimum Gasteiger partial charge on any atom is -0.381 e. The van der Waals surface area contributed by atoms with Gasteiger partial charge in [-0.25, -0.2) is 0 Å². The molecule has 0 radical (unpaired) electrons. The monoisotopic (exact) mass is 245 g/mol. The van der Waals surface area contributed by atoms with Gasteiger partial charge in [-0.2, -0.15) is 0 Å². The second-order valence-electron chi connectivity index (χ2n) is 3.92. The molecule has 1 aromatic rings. The topological polar surface area (TPSA) is 21.3 Å². The first-order valence-corrected chi connectivity index (χ1v) is 6.57. The van der Waals surface area contributed by atoms with Crippen LogP contribution in [0.2, 0.25) is 4.34 Å². The third-order valence-electron chi connectivity index (χ3n) is 2.62. The van der Waals surface area contributed by atoms with Crippen molar-refractivity contribution in [3.63, 3.8) is 0 Å². The molecule has 0 spiro atoms. The van der Waals surface area contributed by atoms with Gasteiger partial charge in [0, 0.05) is 24.6 Å². The largest absolute Gasteiger partial charge is 0.381 e. The second-order valence-corrected chi connectivity index (χ2v) is 5.72. The normalized spacial score (nSPS) is 21.8. The zero-order chi connectivity index (χ0) is 10.5. The van der Waals surface area contributed by atoms with E-state index in [0.717, 1.165) is 30.6 Å². The van der Waals surface area contributed by atoms with Crippen LogP contribution in [0.15, 0.2) is 12.1 Å². The Labute approximate surface area is 99.6 Å². The number of rotatable bonds is 4. The first-order chi connectivity index (χ1) is 7.34. The lowest BCUT2D eigenvalue weighted by molar-refractivity contribution is 0.0548. The van der Waals surface area contributed by atoms with Gasteiger partial charge in [0.05, 0.1) is 10.9 Å². The molecule has 15 heavy (non-hydrogen) atoms. The van der Waals surface area contributed by atoms with Gasteiger partial charge in [-0.05, 0) is 30.9 Å². The van der Waals surface area contributed by atoms with Gasteiger partial charge in [0.25, 0.3) is 0 Å². The van der Waals surface area contributed by atoms with E-state index in [1.807, 2.05) is 6.07 Å². The maximum Gasteiger partial charge on any atom is 0.0931 e. The fourth-order valence-electron chi connectivity index (χ4n) is 1.81. The molecule has 0 aromatic carbocycles. The van der Waals surface area contributed by atoms with Crippen molar-refractivity contribution in [2.75, 3.05) is 19.8 Å². The first-order valence-electron chi connectivity index (χ1n) is 5.37. The molecule has 1 fully saturated rings. The van der Waals surface area contributed by atoms with Crippen molar-refractivity contribution in [1.29, 1.82) is 0 Å². The van der Waals surface area contributed by atoms with Crippen LogP contribution in [0.25, 0.3) is 0 Å². The van der Waals surface area contributed by atoms with E-state index in [9.17, 15) is 0 Å². The van der Waals surface area contributed by atoms with E-state index in [0.29, 0.717) is 5.92 Å². The fraction of sp³-hybridized carbons (Fsp3) is 0.636. The van der Waals surface area contributed by atoms with Gasteiger partial charge in [-0.3, -0.25) is 0 Å². The summed E-state index contributed by atoms with van der Waals surface area (Å²) in [6.45, 7) is 3.83. The summed E-state index contributed by atoms with van der Waals surface area (Å²) in [6, 6.07) is 4.03. The van der Waals surface area contributed by atoms with Crippen molar-refractivity contribution >= 4 is 22.9 Å². The predicted molar refractivity (Wildman–Crippen MR) is 64.6 cm³/mol. The zero-order valence-electron chi connectivity index (χ0n) is 8.67. The van der Waals surface area contributed by atoms with Crippen LogP contribution in [-0.4, -0.2) is 19.8 Å². The van der Waals surface area contributed by atoms with Crippen molar-refractivity contribution in [3.05, 3.63) is 21.3 Å². The molecule has 1 saturated heterocycles. The average molecular weight is 246 g/mol. The van der Waals surface area contributed by atoms with Crippen LogP contribution in [0.1, 0.15) is 17.7 Å². The van der Waals surface area contributed by atoms with Crippen LogP contribution < -0.4 is 5.32 Å². The summed E-state index contributed by atoms with van der Waals surface area (Å²) in [5.41, 5.74) is 0. The van der Waals surface area contributed by atoms with Gasteiger partial charge < -0.3 is 10.1 Å². The summed E-state index contributed by atoms with van der Waals surface area (Å²) < 4.78 is 6.30. The highest BCUT2D eigenvalue weighted by Crippen LogP contribution is 2.21. The van der Waals surface area contributed by atoms with Crippen molar-refractivity contribution in [2.45, 2.75) is 19.4 Å². The number of hydrogen-bond donors (Lipinski definition) is 1. The smallest absolute Gasteiger partial charge is 0.0931 e. The van der Waals surface area contributed by atoms with Gasteiger partial charge in [-0.15, -0.1) is 11.3 Å². The summed E-state index contributed by atoms with van der Waals surface area (Å²) in [7, 11) is 0. The van der Waals surface area contributed by atoms with Crippen LogP contribution >= 0.6 is 22.9 Å². The second kappa shape index (κ2) is 5.85. The molecule has 0 saturated carbocycles. The Hall–Kier alpha value is -0.0900. The predicted octanol–water partition coefficient (Wildman–Crippen LogP) is 2.92. The van der Waals surface area contributed by atoms with Crippen LogP contribution in [0.5, 0.6) is 0 Å². The Balaban J connectivity index is 1.65. The number of hydrogen-bond acceptors (Lipinski definition) is 3. The molecule has 1 aliphatic heterocycles. The molecule has 2 nitrogen and oxygen atoms in total. The first kappa shape index (κ1) is 11.4. The van der Waals surface area contributed by atoms with E-state index in [1.165, 1.54) is 17.7 Å². The Morgan fingerprint density at radius 2 is 2.47 bits per heavy atom. The van der Waals surface area contributed by atoms with E-state index in [4.69, 9.17) is 16.3 Å². The van der Waals surface area contributed by atoms with E-state index < -0.39 is 0 Å². The SMILES string of the molecule is Clc1ccc(CNCC2CCCOC2)s1. The molecule has 1 aliphatic rings.